The summed E-state index contributed by atoms with van der Waals surface area (Å²) in [6, 6.07) is 7.19. The molecule has 1 N–H and O–H groups in total. The Labute approximate surface area is 157 Å². The van der Waals surface area contributed by atoms with E-state index < -0.39 is 18.5 Å². The van der Waals surface area contributed by atoms with Gasteiger partial charge in [-0.3, -0.25) is 4.79 Å². The first-order valence-corrected chi connectivity index (χ1v) is 8.45. The summed E-state index contributed by atoms with van der Waals surface area (Å²) in [6.07, 6.45) is 0. The number of nitrogens with one attached hydrogen (secondary N) is 1. The first-order chi connectivity index (χ1) is 11.7. The van der Waals surface area contributed by atoms with Crippen LogP contribution in [0.1, 0.15) is 32.6 Å². The molecule has 0 aromatic heterocycles. The van der Waals surface area contributed by atoms with Crippen molar-refractivity contribution in [2.45, 2.75) is 27.7 Å². The Balaban J connectivity index is 2.06. The van der Waals surface area contributed by atoms with Crippen molar-refractivity contribution in [2.24, 2.45) is 0 Å². The van der Waals surface area contributed by atoms with Crippen molar-refractivity contribution >= 4 is 40.8 Å². The minimum Gasteiger partial charge on any atom is -0.452 e. The number of benzene rings is 2. The summed E-state index contributed by atoms with van der Waals surface area (Å²) < 4.78 is 5.14. The minimum absolute atomic E-state index is 0.312. The lowest BCUT2D eigenvalue weighted by molar-refractivity contribution is -0.119. The Morgan fingerprint density at radius 3 is 2.20 bits per heavy atom. The van der Waals surface area contributed by atoms with Crippen LogP contribution in [0.2, 0.25) is 10.0 Å². The number of esters is 1. The van der Waals surface area contributed by atoms with E-state index in [4.69, 9.17) is 27.9 Å². The van der Waals surface area contributed by atoms with Crippen LogP contribution in [0.3, 0.4) is 0 Å². The van der Waals surface area contributed by atoms with Crippen molar-refractivity contribution < 1.29 is 14.3 Å². The summed E-state index contributed by atoms with van der Waals surface area (Å²) >= 11 is 12.2. The molecule has 0 saturated carbocycles. The average Bonchev–Trinajstić information content (AvgIpc) is 2.52. The number of anilines is 1. The van der Waals surface area contributed by atoms with Crippen LogP contribution < -0.4 is 5.32 Å². The number of carbonyl (C=O) groups excluding carboxylic acids is 2. The summed E-state index contributed by atoms with van der Waals surface area (Å²) in [5, 5.41) is 3.26. The van der Waals surface area contributed by atoms with Crippen molar-refractivity contribution in [2.75, 3.05) is 11.9 Å². The molecule has 132 valence electrons. The Hall–Kier alpha value is -2.04. The fourth-order valence-electron chi connectivity index (χ4n) is 2.65. The van der Waals surface area contributed by atoms with Crippen LogP contribution in [-0.2, 0) is 9.53 Å². The molecule has 0 aliphatic carbocycles. The topological polar surface area (TPSA) is 55.4 Å². The monoisotopic (exact) mass is 379 g/mol. The van der Waals surface area contributed by atoms with E-state index in [-0.39, 0.29) is 0 Å². The van der Waals surface area contributed by atoms with E-state index in [0.717, 1.165) is 22.3 Å². The maximum absolute atomic E-state index is 12.3. The molecule has 0 radical (unpaired) electrons. The highest BCUT2D eigenvalue weighted by Crippen LogP contribution is 2.32. The average molecular weight is 380 g/mol. The molecule has 0 fully saturated rings. The first-order valence-electron chi connectivity index (χ1n) is 7.70. The fraction of sp³-hybridized carbons (Fsp3) is 0.263. The van der Waals surface area contributed by atoms with Gasteiger partial charge in [0.25, 0.3) is 5.91 Å². The first kappa shape index (κ1) is 19.3. The second kappa shape index (κ2) is 7.89. The number of halogens is 2. The Bertz CT molecular complexity index is 824. The van der Waals surface area contributed by atoms with Crippen LogP contribution >= 0.6 is 23.2 Å². The van der Waals surface area contributed by atoms with Crippen LogP contribution in [0.15, 0.2) is 24.3 Å². The summed E-state index contributed by atoms with van der Waals surface area (Å²) in [5.41, 5.74) is 4.26. The molecule has 4 nitrogen and oxygen atoms in total. The van der Waals surface area contributed by atoms with Crippen LogP contribution in [0.4, 0.5) is 5.69 Å². The van der Waals surface area contributed by atoms with Gasteiger partial charge in [0, 0.05) is 0 Å². The molecule has 2 aromatic rings. The number of ether oxygens (including phenoxy) is 1. The number of hydrogen-bond donors (Lipinski definition) is 1. The van der Waals surface area contributed by atoms with E-state index in [0.29, 0.717) is 21.3 Å². The maximum atomic E-state index is 12.3. The van der Waals surface area contributed by atoms with Crippen molar-refractivity contribution in [1.82, 2.24) is 0 Å². The van der Waals surface area contributed by atoms with Crippen LogP contribution in [0.25, 0.3) is 0 Å². The van der Waals surface area contributed by atoms with E-state index in [1.807, 2.05) is 32.9 Å². The molecule has 25 heavy (non-hydrogen) atoms. The van der Waals surface area contributed by atoms with Crippen LogP contribution in [-0.4, -0.2) is 18.5 Å². The Morgan fingerprint density at radius 1 is 1.00 bits per heavy atom. The Morgan fingerprint density at radius 2 is 1.60 bits per heavy atom. The number of carbonyl (C=O) groups is 2. The third kappa shape index (κ3) is 4.53. The molecule has 2 aromatic carbocycles. The second-order valence-corrected chi connectivity index (χ2v) is 6.74. The number of rotatable bonds is 4. The lowest BCUT2D eigenvalue weighted by Gasteiger charge is -2.13. The van der Waals surface area contributed by atoms with Crippen molar-refractivity contribution in [1.29, 1.82) is 0 Å². The Kier molecular flexibility index (Phi) is 6.09. The summed E-state index contributed by atoms with van der Waals surface area (Å²) in [5.74, 6) is -1.04. The highest BCUT2D eigenvalue weighted by Gasteiger charge is 2.17. The summed E-state index contributed by atoms with van der Waals surface area (Å²) in [6.45, 7) is 7.01. The molecule has 0 saturated heterocycles. The fourth-order valence-corrected chi connectivity index (χ4v) is 3.12. The SMILES string of the molecule is Cc1cc(C)c(C(=O)OCC(=O)Nc2c(Cl)ccc(C)c2Cl)c(C)c1. The zero-order chi connectivity index (χ0) is 18.7. The van der Waals surface area contributed by atoms with Gasteiger partial charge in [-0.25, -0.2) is 4.79 Å². The molecule has 2 rings (SSSR count). The smallest absolute Gasteiger partial charge is 0.339 e. The zero-order valence-corrected chi connectivity index (χ0v) is 16.0. The molecule has 0 unspecified atom stereocenters. The summed E-state index contributed by atoms with van der Waals surface area (Å²) in [7, 11) is 0. The van der Waals surface area contributed by atoms with Gasteiger partial charge in [-0.1, -0.05) is 47.0 Å². The molecular weight excluding hydrogens is 361 g/mol. The zero-order valence-electron chi connectivity index (χ0n) is 14.5. The van der Waals surface area contributed by atoms with Gasteiger partial charge in [-0.05, 0) is 50.5 Å². The van der Waals surface area contributed by atoms with Gasteiger partial charge in [-0.15, -0.1) is 0 Å². The van der Waals surface area contributed by atoms with Crippen molar-refractivity contribution in [3.05, 3.63) is 62.1 Å². The van der Waals surface area contributed by atoms with Gasteiger partial charge in [0.1, 0.15) is 0 Å². The number of amides is 1. The van der Waals surface area contributed by atoms with Gasteiger partial charge < -0.3 is 10.1 Å². The van der Waals surface area contributed by atoms with Crippen molar-refractivity contribution in [3.8, 4) is 0 Å². The molecule has 0 atom stereocenters. The van der Waals surface area contributed by atoms with Gasteiger partial charge >= 0.3 is 5.97 Å². The lowest BCUT2D eigenvalue weighted by atomic mass is 10.00. The molecule has 0 spiro atoms. The van der Waals surface area contributed by atoms with Gasteiger partial charge in [-0.2, -0.15) is 0 Å². The quantitative estimate of drug-likeness (QED) is 0.758. The van der Waals surface area contributed by atoms with Crippen LogP contribution in [0.5, 0.6) is 0 Å². The second-order valence-electron chi connectivity index (χ2n) is 5.95. The largest absolute Gasteiger partial charge is 0.452 e. The molecule has 0 aliphatic rings. The standard InChI is InChI=1S/C19H19Cl2NO3/c1-10-7-12(3)16(13(4)8-10)19(24)25-9-15(23)22-18-14(20)6-5-11(2)17(18)21/h5-8H,9H2,1-4H3,(H,22,23). The molecule has 6 heteroatoms. The van der Waals surface area contributed by atoms with E-state index in [9.17, 15) is 9.59 Å². The molecule has 0 bridgehead atoms. The number of hydrogen-bond acceptors (Lipinski definition) is 3. The van der Waals surface area contributed by atoms with Gasteiger partial charge in [0.15, 0.2) is 6.61 Å². The molecule has 0 heterocycles. The van der Waals surface area contributed by atoms with E-state index in [1.165, 1.54) is 0 Å². The van der Waals surface area contributed by atoms with Crippen LogP contribution in [0, 0.1) is 27.7 Å². The normalized spacial score (nSPS) is 10.5. The number of aryl methyl sites for hydroxylation is 4. The third-order valence-corrected chi connectivity index (χ3v) is 4.57. The highest BCUT2D eigenvalue weighted by molar-refractivity contribution is 6.40. The van der Waals surface area contributed by atoms with E-state index in [1.54, 1.807) is 19.1 Å². The lowest BCUT2D eigenvalue weighted by Crippen LogP contribution is -2.22. The maximum Gasteiger partial charge on any atom is 0.339 e. The van der Waals surface area contributed by atoms with E-state index in [2.05, 4.69) is 5.32 Å². The predicted octanol–water partition coefficient (Wildman–Crippen LogP) is 5.02. The van der Waals surface area contributed by atoms with Gasteiger partial charge in [0.05, 0.1) is 21.3 Å². The highest BCUT2D eigenvalue weighted by atomic mass is 35.5. The minimum atomic E-state index is -0.536. The third-order valence-electron chi connectivity index (χ3n) is 3.76. The summed E-state index contributed by atoms with van der Waals surface area (Å²) in [4.78, 5) is 24.4. The van der Waals surface area contributed by atoms with Gasteiger partial charge in [0.2, 0.25) is 0 Å². The molecular formula is C19H19Cl2NO3. The van der Waals surface area contributed by atoms with E-state index >= 15 is 0 Å². The molecule has 1 amide bonds. The predicted molar refractivity (Wildman–Crippen MR) is 101 cm³/mol. The molecule has 0 aliphatic heterocycles. The van der Waals surface area contributed by atoms with Crippen molar-refractivity contribution in [3.63, 3.8) is 0 Å².